The van der Waals surface area contributed by atoms with E-state index in [1.807, 2.05) is 0 Å². The molecule has 2 heterocycles. The summed E-state index contributed by atoms with van der Waals surface area (Å²) in [5, 5.41) is 5.79. The van der Waals surface area contributed by atoms with E-state index in [0.717, 1.165) is 30.7 Å². The molecule has 4 rings (SSSR count). The predicted octanol–water partition coefficient (Wildman–Crippen LogP) is 0.819. The minimum absolute atomic E-state index is 0.0642. The lowest BCUT2D eigenvalue weighted by molar-refractivity contribution is 0.0933. The molecule has 1 aromatic heterocycles. The maximum atomic E-state index is 12.5. The van der Waals surface area contributed by atoms with E-state index in [2.05, 4.69) is 20.6 Å². The van der Waals surface area contributed by atoms with Crippen LogP contribution < -0.4 is 15.4 Å². The molecule has 0 bridgehead atoms. The Hall–Kier alpha value is -2.83. The van der Waals surface area contributed by atoms with Crippen LogP contribution in [0.3, 0.4) is 0 Å². The quantitative estimate of drug-likeness (QED) is 0.761. The number of carbonyl (C=O) groups excluding carboxylic acids is 2. The molecule has 0 saturated carbocycles. The number of ether oxygens (including phenoxy) is 1. The van der Waals surface area contributed by atoms with Crippen molar-refractivity contribution < 1.29 is 14.3 Å². The lowest BCUT2D eigenvalue weighted by Crippen LogP contribution is -2.39. The van der Waals surface area contributed by atoms with Crippen molar-refractivity contribution in [3.8, 4) is 5.75 Å². The summed E-state index contributed by atoms with van der Waals surface area (Å²) in [6.45, 7) is 0.891. The molecular formula is C17H18N4O3. The van der Waals surface area contributed by atoms with Crippen molar-refractivity contribution in [2.24, 2.45) is 0 Å². The van der Waals surface area contributed by atoms with Gasteiger partial charge in [-0.15, -0.1) is 0 Å². The van der Waals surface area contributed by atoms with Gasteiger partial charge in [-0.05, 0) is 31.0 Å². The zero-order valence-electron chi connectivity index (χ0n) is 13.1. The number of amides is 2. The van der Waals surface area contributed by atoms with Crippen molar-refractivity contribution in [3.63, 3.8) is 0 Å². The molecule has 1 unspecified atom stereocenters. The van der Waals surface area contributed by atoms with Crippen molar-refractivity contribution in [2.75, 3.05) is 13.2 Å². The second-order valence-electron chi connectivity index (χ2n) is 6.06. The molecule has 0 spiro atoms. The number of benzene rings is 1. The van der Waals surface area contributed by atoms with Gasteiger partial charge in [-0.1, -0.05) is 0 Å². The van der Waals surface area contributed by atoms with Crippen LogP contribution in [0.5, 0.6) is 5.75 Å². The highest BCUT2D eigenvalue weighted by Gasteiger charge is 2.24. The number of nitrogens with zero attached hydrogens (tertiary/aromatic N) is 1. The number of fused-ring (bicyclic) bond motifs is 2. The smallest absolute Gasteiger partial charge is 0.255 e. The standard InChI is InChI=1S/C17H18N4O3/c22-16(21-11-2-3-13-14(8-11)20-9-19-13)10-1-4-15-12(7-10)17(23)18-5-6-24-15/h1,4,7,9,11H,2-3,5-6,8H2,(H,18,23)(H,19,20)(H,21,22). The van der Waals surface area contributed by atoms with Gasteiger partial charge in [-0.3, -0.25) is 9.59 Å². The van der Waals surface area contributed by atoms with Crippen molar-refractivity contribution in [3.05, 3.63) is 47.0 Å². The Morgan fingerprint density at radius 1 is 1.38 bits per heavy atom. The van der Waals surface area contributed by atoms with E-state index in [9.17, 15) is 9.59 Å². The minimum atomic E-state index is -0.211. The van der Waals surface area contributed by atoms with E-state index < -0.39 is 0 Å². The molecule has 2 amide bonds. The Labute approximate surface area is 138 Å². The maximum Gasteiger partial charge on any atom is 0.255 e. The summed E-state index contributed by atoms with van der Waals surface area (Å²) >= 11 is 0. The van der Waals surface area contributed by atoms with Gasteiger partial charge in [0.05, 0.1) is 24.1 Å². The molecule has 1 aromatic carbocycles. The second-order valence-corrected chi connectivity index (χ2v) is 6.06. The molecule has 0 radical (unpaired) electrons. The molecule has 3 N–H and O–H groups in total. The zero-order chi connectivity index (χ0) is 16.5. The number of aryl methyl sites for hydroxylation is 1. The van der Waals surface area contributed by atoms with Gasteiger partial charge >= 0.3 is 0 Å². The van der Waals surface area contributed by atoms with Gasteiger partial charge in [0.15, 0.2) is 0 Å². The summed E-state index contributed by atoms with van der Waals surface area (Å²) in [4.78, 5) is 32.0. The molecule has 0 saturated heterocycles. The molecule has 2 aliphatic rings. The largest absolute Gasteiger partial charge is 0.491 e. The third kappa shape index (κ3) is 2.73. The Bertz CT molecular complexity index is 799. The summed E-state index contributed by atoms with van der Waals surface area (Å²) in [6, 6.07) is 5.03. The Kier molecular flexibility index (Phi) is 3.68. The van der Waals surface area contributed by atoms with Gasteiger partial charge in [-0.2, -0.15) is 0 Å². The van der Waals surface area contributed by atoms with E-state index in [1.54, 1.807) is 24.5 Å². The first kappa shape index (κ1) is 14.7. The van der Waals surface area contributed by atoms with Gasteiger partial charge < -0.3 is 20.4 Å². The fourth-order valence-corrected chi connectivity index (χ4v) is 3.19. The van der Waals surface area contributed by atoms with Gasteiger partial charge in [0.2, 0.25) is 0 Å². The monoisotopic (exact) mass is 326 g/mol. The summed E-state index contributed by atoms with van der Waals surface area (Å²) < 4.78 is 5.51. The van der Waals surface area contributed by atoms with Gasteiger partial charge in [0, 0.05) is 23.7 Å². The van der Waals surface area contributed by atoms with Crippen molar-refractivity contribution >= 4 is 11.8 Å². The number of aromatic nitrogens is 2. The number of aromatic amines is 1. The molecular weight excluding hydrogens is 308 g/mol. The second kappa shape index (κ2) is 5.99. The molecule has 7 heteroatoms. The molecule has 2 aromatic rings. The number of carbonyl (C=O) groups is 2. The SMILES string of the molecule is O=C(NC1CCc2nc[nH]c2C1)c1ccc2c(c1)C(=O)NCCO2. The maximum absolute atomic E-state index is 12.5. The third-order valence-electron chi connectivity index (χ3n) is 4.45. The van der Waals surface area contributed by atoms with Crippen LogP contribution in [0.15, 0.2) is 24.5 Å². The summed E-state index contributed by atoms with van der Waals surface area (Å²) in [5.74, 6) is 0.126. The topological polar surface area (TPSA) is 96.1 Å². The predicted molar refractivity (Wildman–Crippen MR) is 86.1 cm³/mol. The fourth-order valence-electron chi connectivity index (χ4n) is 3.19. The number of nitrogens with one attached hydrogen (secondary N) is 3. The molecule has 1 aliphatic heterocycles. The summed E-state index contributed by atoms with van der Waals surface area (Å²) in [6.07, 6.45) is 4.15. The van der Waals surface area contributed by atoms with Crippen LogP contribution in [0.2, 0.25) is 0 Å². The highest BCUT2D eigenvalue weighted by Crippen LogP contribution is 2.23. The van der Waals surface area contributed by atoms with Crippen LogP contribution in [0.4, 0.5) is 0 Å². The molecule has 1 atom stereocenters. The lowest BCUT2D eigenvalue weighted by Gasteiger charge is -2.22. The first-order chi connectivity index (χ1) is 11.7. The van der Waals surface area contributed by atoms with E-state index in [-0.39, 0.29) is 17.9 Å². The van der Waals surface area contributed by atoms with Crippen LogP contribution in [0, 0.1) is 0 Å². The van der Waals surface area contributed by atoms with Crippen molar-refractivity contribution in [1.82, 2.24) is 20.6 Å². The van der Waals surface area contributed by atoms with Gasteiger partial charge in [0.1, 0.15) is 12.4 Å². The van der Waals surface area contributed by atoms with E-state index in [4.69, 9.17) is 4.74 Å². The molecule has 0 fully saturated rings. The zero-order valence-corrected chi connectivity index (χ0v) is 13.1. The summed E-state index contributed by atoms with van der Waals surface area (Å²) in [7, 11) is 0. The van der Waals surface area contributed by atoms with Crippen LogP contribution in [0.25, 0.3) is 0 Å². The first-order valence-corrected chi connectivity index (χ1v) is 8.08. The number of hydrogen-bond donors (Lipinski definition) is 3. The average molecular weight is 326 g/mol. The molecule has 1 aliphatic carbocycles. The minimum Gasteiger partial charge on any atom is -0.491 e. The molecule has 124 valence electrons. The van der Waals surface area contributed by atoms with Crippen LogP contribution >= 0.6 is 0 Å². The van der Waals surface area contributed by atoms with Crippen molar-refractivity contribution in [2.45, 2.75) is 25.3 Å². The van der Waals surface area contributed by atoms with E-state index in [0.29, 0.717) is 30.0 Å². The molecule has 24 heavy (non-hydrogen) atoms. The normalized spacial score (nSPS) is 19.3. The highest BCUT2D eigenvalue weighted by molar-refractivity contribution is 6.01. The van der Waals surface area contributed by atoms with Crippen LogP contribution in [-0.4, -0.2) is 41.0 Å². The van der Waals surface area contributed by atoms with E-state index in [1.165, 1.54) is 0 Å². The Morgan fingerprint density at radius 2 is 2.29 bits per heavy atom. The average Bonchev–Trinajstić information content (AvgIpc) is 2.98. The van der Waals surface area contributed by atoms with E-state index >= 15 is 0 Å². The van der Waals surface area contributed by atoms with Gasteiger partial charge in [0.25, 0.3) is 11.8 Å². The lowest BCUT2D eigenvalue weighted by atomic mass is 9.95. The van der Waals surface area contributed by atoms with Crippen molar-refractivity contribution in [1.29, 1.82) is 0 Å². The Morgan fingerprint density at radius 3 is 3.21 bits per heavy atom. The number of imidazole rings is 1. The highest BCUT2D eigenvalue weighted by atomic mass is 16.5. The molecule has 7 nitrogen and oxygen atoms in total. The first-order valence-electron chi connectivity index (χ1n) is 8.08. The number of rotatable bonds is 2. The number of hydrogen-bond acceptors (Lipinski definition) is 4. The van der Waals surface area contributed by atoms with Crippen LogP contribution in [-0.2, 0) is 12.8 Å². The Balaban J connectivity index is 1.50. The number of H-pyrrole nitrogens is 1. The fraction of sp³-hybridized carbons (Fsp3) is 0.353. The van der Waals surface area contributed by atoms with Crippen LogP contribution in [0.1, 0.15) is 38.5 Å². The summed E-state index contributed by atoms with van der Waals surface area (Å²) in [5.41, 5.74) is 3.03. The third-order valence-corrected chi connectivity index (χ3v) is 4.45. The van der Waals surface area contributed by atoms with Gasteiger partial charge in [-0.25, -0.2) is 4.98 Å².